The molecule has 2 heterocycles. The number of hydrogen-bond donors (Lipinski definition) is 5. The van der Waals surface area contributed by atoms with Crippen LogP contribution in [0.15, 0.2) is 34.3 Å². The molecule has 1 saturated heterocycles. The maximum absolute atomic E-state index is 14.0. The number of aliphatic hydroxyl groups is 3. The number of piperazine rings is 1. The highest BCUT2D eigenvalue weighted by molar-refractivity contribution is 6.25. The fourth-order valence-corrected chi connectivity index (χ4v) is 7.67. The maximum Gasteiger partial charge on any atom is 0.230 e. The third kappa shape index (κ3) is 4.51. The van der Waals surface area contributed by atoms with E-state index in [-0.39, 0.29) is 29.7 Å². The number of carbonyl (C=O) groups excluding carboxylic acids is 3. The topological polar surface area (TPSA) is 181 Å². The zero-order valence-corrected chi connectivity index (χ0v) is 24.5. The first-order valence-corrected chi connectivity index (χ1v) is 14.6. The van der Waals surface area contributed by atoms with Crippen molar-refractivity contribution in [3.05, 3.63) is 46.7 Å². The Morgan fingerprint density at radius 1 is 1.12 bits per heavy atom. The molecule has 0 radical (unpaired) electrons. The van der Waals surface area contributed by atoms with E-state index >= 15 is 0 Å². The van der Waals surface area contributed by atoms with Gasteiger partial charge in [-0.2, -0.15) is 0 Å². The fraction of sp³-hybridized carbons (Fsp3) is 0.516. The number of nitrogens with zero attached hydrogens (tertiary/aromatic N) is 3. The van der Waals surface area contributed by atoms with Crippen molar-refractivity contribution < 1.29 is 39.2 Å². The van der Waals surface area contributed by atoms with Crippen LogP contribution in [0, 0.1) is 17.8 Å². The summed E-state index contributed by atoms with van der Waals surface area (Å²) in [5, 5.41) is 45.2. The third-order valence-corrected chi connectivity index (χ3v) is 9.87. The second kappa shape index (κ2) is 10.6. The number of carbonyl (C=O) groups is 3. The molecule has 12 nitrogen and oxygen atoms in total. The van der Waals surface area contributed by atoms with E-state index in [9.17, 15) is 34.8 Å². The quantitative estimate of drug-likeness (QED) is 0.297. The minimum atomic E-state index is -2.68. The van der Waals surface area contributed by atoms with Crippen molar-refractivity contribution >= 4 is 23.2 Å². The number of amides is 1. The standard InChI is InChI=1S/C31H38N4O8/c1-33(2)25-19-13-15-12-18-17(21-7-4-16(43-21)14-35-10-8-34(3)9-11-35)5-6-20(36)23(18)26(37)22(15)28(39)31(19,42)29(40)24(27(25)38)30(32)41/h4-7,15,19,24-25,27,36-38,42H,8-14H2,1-3H3,(H2,32,41)/t15-,19-,24?,25?,27?,31-/m1/s1. The van der Waals surface area contributed by atoms with Crippen LogP contribution in [0.2, 0.25) is 0 Å². The molecule has 4 aliphatic rings. The Labute approximate surface area is 249 Å². The molecule has 6 rings (SSSR count). The van der Waals surface area contributed by atoms with Crippen molar-refractivity contribution in [2.24, 2.45) is 23.5 Å². The number of rotatable bonds is 5. The molecule has 1 aromatic carbocycles. The van der Waals surface area contributed by atoms with E-state index in [1.807, 2.05) is 12.1 Å². The van der Waals surface area contributed by atoms with Crippen LogP contribution in [0.5, 0.6) is 5.75 Å². The van der Waals surface area contributed by atoms with Crippen molar-refractivity contribution in [1.29, 1.82) is 0 Å². The van der Waals surface area contributed by atoms with Crippen molar-refractivity contribution in [3.8, 4) is 17.1 Å². The van der Waals surface area contributed by atoms with E-state index in [2.05, 4.69) is 16.8 Å². The number of phenolic OH excluding ortho intramolecular Hbond substituents is 1. The molecule has 230 valence electrons. The number of hydrogen-bond acceptors (Lipinski definition) is 11. The highest BCUT2D eigenvalue weighted by Crippen LogP contribution is 2.53. The largest absolute Gasteiger partial charge is 0.507 e. The van der Waals surface area contributed by atoms with Gasteiger partial charge in [-0.15, -0.1) is 0 Å². The molecule has 2 saturated carbocycles. The van der Waals surface area contributed by atoms with E-state index in [0.29, 0.717) is 23.4 Å². The van der Waals surface area contributed by atoms with Gasteiger partial charge in [-0.25, -0.2) is 0 Å². The molecule has 43 heavy (non-hydrogen) atoms. The minimum absolute atomic E-state index is 0.0371. The molecule has 12 heteroatoms. The first-order chi connectivity index (χ1) is 20.3. The summed E-state index contributed by atoms with van der Waals surface area (Å²) in [5.41, 5.74) is 3.84. The highest BCUT2D eigenvalue weighted by Gasteiger charge is 2.67. The van der Waals surface area contributed by atoms with Gasteiger partial charge < -0.3 is 40.4 Å². The minimum Gasteiger partial charge on any atom is -0.507 e. The van der Waals surface area contributed by atoms with Gasteiger partial charge in [0.1, 0.15) is 28.9 Å². The first-order valence-electron chi connectivity index (χ1n) is 14.6. The van der Waals surface area contributed by atoms with Crippen LogP contribution in [-0.2, 0) is 27.3 Å². The van der Waals surface area contributed by atoms with Crippen LogP contribution < -0.4 is 5.73 Å². The Morgan fingerprint density at radius 2 is 1.81 bits per heavy atom. The molecule has 1 aromatic heterocycles. The summed E-state index contributed by atoms with van der Waals surface area (Å²) < 4.78 is 6.24. The monoisotopic (exact) mass is 594 g/mol. The van der Waals surface area contributed by atoms with Gasteiger partial charge in [0.05, 0.1) is 18.2 Å². The van der Waals surface area contributed by atoms with E-state index in [4.69, 9.17) is 10.2 Å². The Kier molecular flexibility index (Phi) is 7.25. The van der Waals surface area contributed by atoms with Crippen molar-refractivity contribution in [1.82, 2.24) is 14.7 Å². The summed E-state index contributed by atoms with van der Waals surface area (Å²) in [5.74, 6) is -6.33. The number of likely N-dealkylation sites (N-methyl/N-ethyl adjacent to an activating group) is 2. The van der Waals surface area contributed by atoms with Crippen molar-refractivity contribution in [3.63, 3.8) is 0 Å². The predicted molar refractivity (Wildman–Crippen MR) is 155 cm³/mol. The number of fused-ring (bicyclic) bond motifs is 3. The highest BCUT2D eigenvalue weighted by atomic mass is 16.3. The number of aliphatic hydroxyl groups excluding tert-OH is 2. The second-order valence-electron chi connectivity index (χ2n) is 12.6. The number of benzene rings is 1. The van der Waals surface area contributed by atoms with Crippen LogP contribution in [0.25, 0.3) is 17.1 Å². The van der Waals surface area contributed by atoms with Gasteiger partial charge >= 0.3 is 0 Å². The van der Waals surface area contributed by atoms with Gasteiger partial charge in [0.15, 0.2) is 11.4 Å². The Hall–Kier alpha value is -3.55. The predicted octanol–water partition coefficient (Wildman–Crippen LogP) is 0.136. The van der Waals surface area contributed by atoms with Crippen molar-refractivity contribution in [2.75, 3.05) is 47.3 Å². The Morgan fingerprint density at radius 3 is 2.47 bits per heavy atom. The van der Waals surface area contributed by atoms with E-state index in [0.717, 1.165) is 31.9 Å². The molecular formula is C31H38N4O8. The van der Waals surface area contributed by atoms with Crippen molar-refractivity contribution in [2.45, 2.75) is 37.1 Å². The molecule has 3 unspecified atom stereocenters. The number of Topliss-reactive ketones (excluding diaryl/α,β-unsaturated/α-hetero) is 2. The number of phenols is 1. The van der Waals surface area contributed by atoms with Crippen LogP contribution in [0.3, 0.4) is 0 Å². The SMILES string of the molecule is CN1CCN(Cc2ccc(-c3ccc(O)c4c3C[C@@H]3C[C@@H]5C(N(C)C)C(O)C(C(N)=O)C(=O)[C@]5(O)C(=O)C3=C4O)o2)CC1. The first kappa shape index (κ1) is 29.5. The van der Waals surface area contributed by atoms with Crippen LogP contribution >= 0.6 is 0 Å². The second-order valence-corrected chi connectivity index (χ2v) is 12.6. The lowest BCUT2D eigenvalue weighted by Crippen LogP contribution is -2.73. The molecule has 1 aliphatic heterocycles. The van der Waals surface area contributed by atoms with Gasteiger partial charge in [0.25, 0.3) is 0 Å². The van der Waals surface area contributed by atoms with E-state index < -0.39 is 58.7 Å². The fourth-order valence-electron chi connectivity index (χ4n) is 7.67. The van der Waals surface area contributed by atoms with Gasteiger partial charge in [0, 0.05) is 49.3 Å². The summed E-state index contributed by atoms with van der Waals surface area (Å²) in [7, 11) is 5.34. The lowest BCUT2D eigenvalue weighted by Gasteiger charge is -2.53. The molecule has 1 amide bonds. The molecule has 3 aliphatic carbocycles. The van der Waals surface area contributed by atoms with Crippen LogP contribution in [0.4, 0.5) is 0 Å². The maximum atomic E-state index is 14.0. The number of nitrogens with two attached hydrogens (primary N) is 1. The smallest absolute Gasteiger partial charge is 0.230 e. The van der Waals surface area contributed by atoms with Gasteiger partial charge in [-0.1, -0.05) is 0 Å². The zero-order chi connectivity index (χ0) is 31.0. The summed E-state index contributed by atoms with van der Waals surface area (Å²) in [4.78, 5) is 45.9. The lowest BCUT2D eigenvalue weighted by atomic mass is 9.54. The summed E-state index contributed by atoms with van der Waals surface area (Å²) in [6.07, 6.45) is -1.27. The molecule has 3 fully saturated rings. The normalized spacial score (nSPS) is 31.6. The lowest BCUT2D eigenvalue weighted by molar-refractivity contribution is -0.184. The zero-order valence-electron chi connectivity index (χ0n) is 24.5. The summed E-state index contributed by atoms with van der Waals surface area (Å²) in [6, 6.07) is 5.93. The summed E-state index contributed by atoms with van der Waals surface area (Å²) in [6.45, 7) is 4.46. The molecule has 6 N–H and O–H groups in total. The number of aromatic hydroxyl groups is 1. The van der Waals surface area contributed by atoms with Crippen LogP contribution in [0.1, 0.15) is 23.3 Å². The molecule has 0 spiro atoms. The molecule has 2 aromatic rings. The Balaban J connectivity index is 1.40. The summed E-state index contributed by atoms with van der Waals surface area (Å²) >= 11 is 0. The number of primary amides is 1. The third-order valence-electron chi connectivity index (χ3n) is 9.87. The molecule has 0 bridgehead atoms. The van der Waals surface area contributed by atoms with E-state index in [1.54, 1.807) is 25.1 Å². The number of ketones is 2. The molecular weight excluding hydrogens is 556 g/mol. The van der Waals surface area contributed by atoms with Gasteiger partial charge in [-0.3, -0.25) is 19.3 Å². The average Bonchev–Trinajstić information content (AvgIpc) is 3.40. The number of furan rings is 1. The van der Waals surface area contributed by atoms with Gasteiger partial charge in [-0.05, 0) is 69.7 Å². The van der Waals surface area contributed by atoms with Crippen LogP contribution in [-0.4, -0.2) is 118 Å². The Bertz CT molecular complexity index is 1520. The van der Waals surface area contributed by atoms with E-state index in [1.165, 1.54) is 6.07 Å². The molecule has 6 atom stereocenters. The van der Waals surface area contributed by atoms with Gasteiger partial charge in [0.2, 0.25) is 11.7 Å². The average molecular weight is 595 g/mol.